The van der Waals surface area contributed by atoms with Crippen molar-refractivity contribution >= 4 is 33.0 Å². The molecule has 0 radical (unpaired) electrons. The standard InChI is InChI=1S/C14H16ClNOS/c1-14(8-17-9-14)7-16-6-12-13(15)10-4-2-3-5-11(10)18-12/h2-5,16H,6-9H2,1H3. The van der Waals surface area contributed by atoms with Crippen molar-refractivity contribution in [3.63, 3.8) is 0 Å². The molecule has 4 heteroatoms. The zero-order valence-corrected chi connectivity index (χ0v) is 11.9. The quantitative estimate of drug-likeness (QED) is 0.923. The number of nitrogens with one attached hydrogen (secondary N) is 1. The van der Waals surface area contributed by atoms with E-state index in [0.29, 0.717) is 5.41 Å². The first-order valence-corrected chi connectivity index (χ1v) is 7.32. The number of fused-ring (bicyclic) bond motifs is 1. The predicted octanol–water partition coefficient (Wildman–Crippen LogP) is 3.68. The first kappa shape index (κ1) is 12.4. The molecule has 3 rings (SSSR count). The van der Waals surface area contributed by atoms with E-state index in [0.717, 1.165) is 31.3 Å². The Morgan fingerprint density at radius 3 is 2.83 bits per heavy atom. The van der Waals surface area contributed by atoms with Gasteiger partial charge in [-0.2, -0.15) is 0 Å². The van der Waals surface area contributed by atoms with Crippen molar-refractivity contribution in [1.29, 1.82) is 0 Å². The van der Waals surface area contributed by atoms with Crippen LogP contribution in [0.25, 0.3) is 10.1 Å². The molecule has 0 unspecified atom stereocenters. The van der Waals surface area contributed by atoms with Gasteiger partial charge in [0.25, 0.3) is 0 Å². The fourth-order valence-corrected chi connectivity index (χ4v) is 3.68. The molecule has 0 atom stereocenters. The van der Waals surface area contributed by atoms with E-state index < -0.39 is 0 Å². The molecule has 96 valence electrons. The van der Waals surface area contributed by atoms with Gasteiger partial charge in [0.1, 0.15) is 0 Å². The first-order chi connectivity index (χ1) is 8.68. The molecule has 1 aromatic carbocycles. The minimum absolute atomic E-state index is 0.309. The maximum absolute atomic E-state index is 6.40. The molecule has 0 saturated carbocycles. The molecule has 1 aliphatic heterocycles. The summed E-state index contributed by atoms with van der Waals surface area (Å²) in [5.74, 6) is 0. The summed E-state index contributed by atoms with van der Waals surface area (Å²) in [5, 5.41) is 5.56. The van der Waals surface area contributed by atoms with Gasteiger partial charge in [0.05, 0.1) is 18.2 Å². The van der Waals surface area contributed by atoms with Gasteiger partial charge in [0.15, 0.2) is 0 Å². The molecule has 1 saturated heterocycles. The summed E-state index contributed by atoms with van der Waals surface area (Å²) in [6, 6.07) is 8.29. The van der Waals surface area contributed by atoms with E-state index in [1.165, 1.54) is 15.0 Å². The van der Waals surface area contributed by atoms with Gasteiger partial charge in [-0.3, -0.25) is 0 Å². The molecular formula is C14H16ClNOS. The number of halogens is 1. The average Bonchev–Trinajstić information content (AvgIpc) is 2.65. The largest absolute Gasteiger partial charge is 0.380 e. The Balaban J connectivity index is 1.69. The highest BCUT2D eigenvalue weighted by atomic mass is 35.5. The Hall–Kier alpha value is -0.610. The van der Waals surface area contributed by atoms with E-state index in [1.807, 2.05) is 6.07 Å². The molecule has 1 fully saturated rings. The monoisotopic (exact) mass is 281 g/mol. The molecule has 1 N–H and O–H groups in total. The number of thiophene rings is 1. The topological polar surface area (TPSA) is 21.3 Å². The lowest BCUT2D eigenvalue weighted by molar-refractivity contribution is -0.0991. The molecule has 1 aromatic heterocycles. The maximum Gasteiger partial charge on any atom is 0.0636 e. The van der Waals surface area contributed by atoms with E-state index in [-0.39, 0.29) is 0 Å². The van der Waals surface area contributed by atoms with Crippen LogP contribution in [0.5, 0.6) is 0 Å². The second-order valence-corrected chi connectivity index (χ2v) is 6.76. The fraction of sp³-hybridized carbons (Fsp3) is 0.429. The summed E-state index contributed by atoms with van der Waals surface area (Å²) in [7, 11) is 0. The molecule has 2 nitrogen and oxygen atoms in total. The highest BCUT2D eigenvalue weighted by Gasteiger charge is 2.32. The van der Waals surface area contributed by atoms with Gasteiger partial charge < -0.3 is 10.1 Å². The Kier molecular flexibility index (Phi) is 3.32. The first-order valence-electron chi connectivity index (χ1n) is 6.12. The van der Waals surface area contributed by atoms with Crippen LogP contribution >= 0.6 is 22.9 Å². The zero-order valence-electron chi connectivity index (χ0n) is 10.3. The van der Waals surface area contributed by atoms with E-state index in [2.05, 4.69) is 30.4 Å². The normalized spacial score (nSPS) is 17.9. The van der Waals surface area contributed by atoms with E-state index in [9.17, 15) is 0 Å². The highest BCUT2D eigenvalue weighted by Crippen LogP contribution is 2.35. The van der Waals surface area contributed by atoms with Crippen molar-refractivity contribution in [2.45, 2.75) is 13.5 Å². The number of ether oxygens (including phenoxy) is 1. The maximum atomic E-state index is 6.40. The summed E-state index contributed by atoms with van der Waals surface area (Å²) in [6.45, 7) is 5.79. The molecular weight excluding hydrogens is 266 g/mol. The molecule has 0 bridgehead atoms. The van der Waals surface area contributed by atoms with Gasteiger partial charge in [0.2, 0.25) is 0 Å². The smallest absolute Gasteiger partial charge is 0.0636 e. The van der Waals surface area contributed by atoms with Crippen LogP contribution in [0.15, 0.2) is 24.3 Å². The van der Waals surface area contributed by atoms with Crippen molar-refractivity contribution in [2.24, 2.45) is 5.41 Å². The number of benzene rings is 1. The lowest BCUT2D eigenvalue weighted by Gasteiger charge is -2.38. The predicted molar refractivity (Wildman–Crippen MR) is 77.5 cm³/mol. The fourth-order valence-electron chi connectivity index (χ4n) is 2.21. The average molecular weight is 282 g/mol. The molecule has 2 aromatic rings. The van der Waals surface area contributed by atoms with Crippen LogP contribution in [0.2, 0.25) is 5.02 Å². The second kappa shape index (κ2) is 4.82. The van der Waals surface area contributed by atoms with Gasteiger partial charge in [-0.1, -0.05) is 36.7 Å². The van der Waals surface area contributed by atoms with Crippen molar-refractivity contribution in [3.8, 4) is 0 Å². The third kappa shape index (κ3) is 2.28. The Labute approximate surface area is 116 Å². The summed E-state index contributed by atoms with van der Waals surface area (Å²) in [5.41, 5.74) is 0.309. The molecule has 0 amide bonds. The van der Waals surface area contributed by atoms with Gasteiger partial charge in [0, 0.05) is 33.5 Å². The lowest BCUT2D eigenvalue weighted by Crippen LogP contribution is -2.47. The van der Waals surface area contributed by atoms with Crippen LogP contribution in [-0.2, 0) is 11.3 Å². The highest BCUT2D eigenvalue weighted by molar-refractivity contribution is 7.19. The third-order valence-corrected chi connectivity index (χ3v) is 5.05. The van der Waals surface area contributed by atoms with Crippen molar-refractivity contribution in [2.75, 3.05) is 19.8 Å². The Bertz CT molecular complexity index is 562. The van der Waals surface area contributed by atoms with Crippen LogP contribution in [0.3, 0.4) is 0 Å². The molecule has 0 aliphatic carbocycles. The SMILES string of the molecule is CC1(CNCc2sc3ccccc3c2Cl)COC1. The van der Waals surface area contributed by atoms with Gasteiger partial charge >= 0.3 is 0 Å². The van der Waals surface area contributed by atoms with Crippen LogP contribution < -0.4 is 5.32 Å². The summed E-state index contributed by atoms with van der Waals surface area (Å²) in [6.07, 6.45) is 0. The van der Waals surface area contributed by atoms with E-state index >= 15 is 0 Å². The molecule has 0 spiro atoms. The third-order valence-electron chi connectivity index (χ3n) is 3.34. The Morgan fingerprint density at radius 2 is 2.17 bits per heavy atom. The second-order valence-electron chi connectivity index (χ2n) is 5.24. The molecule has 2 heterocycles. The number of hydrogen-bond donors (Lipinski definition) is 1. The van der Waals surface area contributed by atoms with Crippen molar-refractivity contribution in [3.05, 3.63) is 34.2 Å². The van der Waals surface area contributed by atoms with Gasteiger partial charge in [-0.15, -0.1) is 11.3 Å². The minimum Gasteiger partial charge on any atom is -0.380 e. The molecule has 18 heavy (non-hydrogen) atoms. The number of hydrogen-bond acceptors (Lipinski definition) is 3. The van der Waals surface area contributed by atoms with E-state index in [1.54, 1.807) is 11.3 Å². The zero-order chi connectivity index (χ0) is 12.6. The molecule has 1 aliphatic rings. The van der Waals surface area contributed by atoms with Crippen molar-refractivity contribution in [1.82, 2.24) is 5.32 Å². The summed E-state index contributed by atoms with van der Waals surface area (Å²) in [4.78, 5) is 1.22. The van der Waals surface area contributed by atoms with Crippen LogP contribution in [-0.4, -0.2) is 19.8 Å². The number of rotatable bonds is 4. The minimum atomic E-state index is 0.309. The Morgan fingerprint density at radius 1 is 1.39 bits per heavy atom. The lowest BCUT2D eigenvalue weighted by atomic mass is 9.89. The van der Waals surface area contributed by atoms with Crippen molar-refractivity contribution < 1.29 is 4.74 Å². The summed E-state index contributed by atoms with van der Waals surface area (Å²) < 4.78 is 6.51. The van der Waals surface area contributed by atoms with Crippen LogP contribution in [0, 0.1) is 5.41 Å². The van der Waals surface area contributed by atoms with E-state index in [4.69, 9.17) is 16.3 Å². The summed E-state index contributed by atoms with van der Waals surface area (Å²) >= 11 is 8.18. The van der Waals surface area contributed by atoms with Crippen LogP contribution in [0.4, 0.5) is 0 Å². The van der Waals surface area contributed by atoms with Gasteiger partial charge in [-0.05, 0) is 6.07 Å². The van der Waals surface area contributed by atoms with Crippen LogP contribution in [0.1, 0.15) is 11.8 Å². The van der Waals surface area contributed by atoms with Gasteiger partial charge in [-0.25, -0.2) is 0 Å².